The molecular weight excluding hydrogens is 256 g/mol. The van der Waals surface area contributed by atoms with E-state index in [1.54, 1.807) is 11.3 Å². The van der Waals surface area contributed by atoms with Gasteiger partial charge in [-0.1, -0.05) is 13.0 Å². The van der Waals surface area contributed by atoms with E-state index in [1.165, 1.54) is 17.7 Å². The van der Waals surface area contributed by atoms with E-state index in [1.807, 2.05) is 6.92 Å². The first-order chi connectivity index (χ1) is 9.16. The molecule has 2 unspecified atom stereocenters. The highest BCUT2D eigenvalue weighted by Gasteiger charge is 2.42. The van der Waals surface area contributed by atoms with Crippen LogP contribution in [0, 0.1) is 5.92 Å². The van der Waals surface area contributed by atoms with Crippen LogP contribution < -0.4 is 5.32 Å². The van der Waals surface area contributed by atoms with Crippen LogP contribution in [0.2, 0.25) is 0 Å². The average Bonchev–Trinajstić information content (AvgIpc) is 3.01. The van der Waals surface area contributed by atoms with E-state index in [-0.39, 0.29) is 18.1 Å². The van der Waals surface area contributed by atoms with Gasteiger partial charge in [0.05, 0.1) is 6.04 Å². The van der Waals surface area contributed by atoms with Crippen molar-refractivity contribution < 1.29 is 4.79 Å². The van der Waals surface area contributed by atoms with E-state index in [0.717, 1.165) is 18.8 Å². The zero-order chi connectivity index (χ0) is 13.4. The van der Waals surface area contributed by atoms with Gasteiger partial charge in [0.2, 0.25) is 5.91 Å². The molecule has 19 heavy (non-hydrogen) atoms. The van der Waals surface area contributed by atoms with Gasteiger partial charge in [0.25, 0.3) is 0 Å². The summed E-state index contributed by atoms with van der Waals surface area (Å²) >= 11 is 1.74. The Morgan fingerprint density at radius 3 is 2.63 bits per heavy atom. The quantitative estimate of drug-likeness (QED) is 0.901. The van der Waals surface area contributed by atoms with Crippen molar-refractivity contribution in [3.63, 3.8) is 0 Å². The van der Waals surface area contributed by atoms with Crippen LogP contribution in [0.15, 0.2) is 17.5 Å². The third-order valence-corrected chi connectivity index (χ3v) is 5.43. The van der Waals surface area contributed by atoms with Crippen LogP contribution in [0.4, 0.5) is 0 Å². The number of nitrogens with zero attached hydrogens (tertiary/aromatic N) is 1. The number of nitrogens with one attached hydrogen (secondary N) is 1. The highest BCUT2D eigenvalue weighted by molar-refractivity contribution is 7.10. The Labute approximate surface area is 119 Å². The number of hydrogen-bond donors (Lipinski definition) is 1. The molecule has 2 fully saturated rings. The van der Waals surface area contributed by atoms with Gasteiger partial charge in [-0.25, -0.2) is 0 Å². The van der Waals surface area contributed by atoms with Crippen LogP contribution in [0.3, 0.4) is 0 Å². The second kappa shape index (κ2) is 5.25. The lowest BCUT2D eigenvalue weighted by Gasteiger charge is -2.36. The van der Waals surface area contributed by atoms with E-state index in [2.05, 4.69) is 34.7 Å². The molecule has 3 rings (SSSR count). The van der Waals surface area contributed by atoms with E-state index >= 15 is 0 Å². The maximum Gasteiger partial charge on any atom is 0.241 e. The molecule has 4 heteroatoms. The van der Waals surface area contributed by atoms with Crippen LogP contribution in [0.25, 0.3) is 0 Å². The van der Waals surface area contributed by atoms with Crippen molar-refractivity contribution in [3.05, 3.63) is 22.4 Å². The molecule has 0 aromatic carbocycles. The normalized spacial score (nSPS) is 35.9. The second-order valence-corrected chi connectivity index (χ2v) is 6.94. The minimum Gasteiger partial charge on any atom is -0.318 e. The van der Waals surface area contributed by atoms with Gasteiger partial charge in [-0.3, -0.25) is 10.1 Å². The van der Waals surface area contributed by atoms with Crippen molar-refractivity contribution in [1.82, 2.24) is 10.2 Å². The minimum absolute atomic E-state index is 0.0496. The van der Waals surface area contributed by atoms with Gasteiger partial charge in [-0.15, -0.1) is 11.3 Å². The Hall–Kier alpha value is -0.870. The van der Waals surface area contributed by atoms with Crippen molar-refractivity contribution in [2.24, 2.45) is 5.92 Å². The van der Waals surface area contributed by atoms with E-state index < -0.39 is 0 Å². The number of carbonyl (C=O) groups excluding carboxylic acids is 1. The highest BCUT2D eigenvalue weighted by Crippen LogP contribution is 2.36. The summed E-state index contributed by atoms with van der Waals surface area (Å²) in [6.45, 7) is 4.30. The zero-order valence-corrected chi connectivity index (χ0v) is 12.5. The van der Waals surface area contributed by atoms with Crippen molar-refractivity contribution in [1.29, 1.82) is 0 Å². The highest BCUT2D eigenvalue weighted by atomic mass is 32.1. The molecule has 1 saturated heterocycles. The maximum atomic E-state index is 12.5. The predicted octanol–water partition coefficient (Wildman–Crippen LogP) is 3.15. The van der Waals surface area contributed by atoms with E-state index in [0.29, 0.717) is 6.04 Å². The largest absolute Gasteiger partial charge is 0.318 e. The third-order valence-electron chi connectivity index (χ3n) is 4.50. The summed E-state index contributed by atoms with van der Waals surface area (Å²) in [5.41, 5.74) is 0. The SMILES string of the molecule is CC1CCC(N2C(=O)C(C)NC2c2cccs2)CC1. The van der Waals surface area contributed by atoms with Gasteiger partial charge < -0.3 is 4.90 Å². The Balaban J connectivity index is 1.81. The molecular formula is C15H22N2OS. The van der Waals surface area contributed by atoms with Crippen molar-refractivity contribution >= 4 is 17.2 Å². The predicted molar refractivity (Wildman–Crippen MR) is 77.9 cm³/mol. The molecule has 2 atom stereocenters. The molecule has 3 nitrogen and oxygen atoms in total. The average molecular weight is 278 g/mol. The van der Waals surface area contributed by atoms with Crippen LogP contribution in [0.5, 0.6) is 0 Å². The first kappa shape index (κ1) is 13.1. The molecule has 0 bridgehead atoms. The van der Waals surface area contributed by atoms with Crippen molar-refractivity contribution in [3.8, 4) is 0 Å². The van der Waals surface area contributed by atoms with Gasteiger partial charge in [0.15, 0.2) is 0 Å². The molecule has 2 heterocycles. The van der Waals surface area contributed by atoms with Gasteiger partial charge in [-0.2, -0.15) is 0 Å². The van der Waals surface area contributed by atoms with Gasteiger partial charge >= 0.3 is 0 Å². The summed E-state index contributed by atoms with van der Waals surface area (Å²) < 4.78 is 0. The number of hydrogen-bond acceptors (Lipinski definition) is 3. The molecule has 1 aliphatic heterocycles. The third kappa shape index (κ3) is 2.43. The van der Waals surface area contributed by atoms with Crippen molar-refractivity contribution in [2.75, 3.05) is 0 Å². The summed E-state index contributed by atoms with van der Waals surface area (Å²) in [6.07, 6.45) is 4.91. The standard InChI is InChI=1S/C15H22N2OS/c1-10-5-7-12(8-6-10)17-14(13-4-3-9-19-13)16-11(2)15(17)18/h3-4,9-12,14,16H,5-8H2,1-2H3. The lowest BCUT2D eigenvalue weighted by atomic mass is 9.86. The van der Waals surface area contributed by atoms with Gasteiger partial charge in [0.1, 0.15) is 6.17 Å². The fourth-order valence-electron chi connectivity index (χ4n) is 3.32. The molecule has 1 aromatic heterocycles. The fraction of sp³-hybridized carbons (Fsp3) is 0.667. The summed E-state index contributed by atoms with van der Waals surface area (Å²) in [6, 6.07) is 4.57. The summed E-state index contributed by atoms with van der Waals surface area (Å²) in [5, 5.41) is 5.54. The Kier molecular flexibility index (Phi) is 3.63. The summed E-state index contributed by atoms with van der Waals surface area (Å²) in [7, 11) is 0. The number of rotatable bonds is 2. The number of amides is 1. The lowest BCUT2D eigenvalue weighted by molar-refractivity contribution is -0.132. The summed E-state index contributed by atoms with van der Waals surface area (Å²) in [4.78, 5) is 15.8. The monoisotopic (exact) mass is 278 g/mol. The molecule has 1 aromatic rings. The number of carbonyl (C=O) groups is 1. The molecule has 1 saturated carbocycles. The smallest absolute Gasteiger partial charge is 0.241 e. The zero-order valence-electron chi connectivity index (χ0n) is 11.6. The molecule has 104 valence electrons. The summed E-state index contributed by atoms with van der Waals surface area (Å²) in [5.74, 6) is 1.09. The second-order valence-electron chi connectivity index (χ2n) is 5.97. The lowest BCUT2D eigenvalue weighted by Crippen LogP contribution is -2.41. The van der Waals surface area contributed by atoms with Crippen molar-refractivity contribution in [2.45, 2.75) is 57.8 Å². The van der Waals surface area contributed by atoms with Crippen LogP contribution in [-0.2, 0) is 4.79 Å². The minimum atomic E-state index is -0.0496. The molecule has 0 radical (unpaired) electrons. The molecule has 2 aliphatic rings. The Bertz CT molecular complexity index is 437. The molecule has 1 amide bonds. The fourth-order valence-corrected chi connectivity index (χ4v) is 4.10. The van der Waals surface area contributed by atoms with Gasteiger partial charge in [0, 0.05) is 10.9 Å². The van der Waals surface area contributed by atoms with E-state index in [4.69, 9.17) is 0 Å². The van der Waals surface area contributed by atoms with Gasteiger partial charge in [-0.05, 0) is 50.0 Å². The molecule has 1 aliphatic carbocycles. The Morgan fingerprint density at radius 1 is 1.26 bits per heavy atom. The molecule has 1 N–H and O–H groups in total. The van der Waals surface area contributed by atoms with E-state index in [9.17, 15) is 4.79 Å². The molecule has 0 spiro atoms. The first-order valence-corrected chi connectivity index (χ1v) is 8.16. The Morgan fingerprint density at radius 2 is 2.00 bits per heavy atom. The topological polar surface area (TPSA) is 32.3 Å². The van der Waals surface area contributed by atoms with Crippen LogP contribution >= 0.6 is 11.3 Å². The first-order valence-electron chi connectivity index (χ1n) is 7.28. The van der Waals surface area contributed by atoms with Crippen LogP contribution in [-0.4, -0.2) is 22.9 Å². The number of thiophene rings is 1. The van der Waals surface area contributed by atoms with Crippen LogP contribution in [0.1, 0.15) is 50.6 Å². The maximum absolute atomic E-state index is 12.5.